The molecule has 0 unspecified atom stereocenters. The molecule has 1 aliphatic rings. The van der Waals surface area contributed by atoms with Crippen molar-refractivity contribution < 1.29 is 9.53 Å². The van der Waals surface area contributed by atoms with E-state index in [1.165, 1.54) is 0 Å². The molecule has 0 spiro atoms. The first-order chi connectivity index (χ1) is 13.2. The Hall–Kier alpha value is -2.47. The van der Waals surface area contributed by atoms with Crippen LogP contribution in [-0.2, 0) is 0 Å². The molecule has 144 valence electrons. The zero-order chi connectivity index (χ0) is 19.5. The third-order valence-electron chi connectivity index (χ3n) is 3.81. The van der Waals surface area contributed by atoms with Crippen LogP contribution in [0.25, 0.3) is 0 Å². The topological polar surface area (TPSA) is 53.9 Å². The average molecular weight is 386 g/mol. The number of carbonyl (C=O) groups is 1. The summed E-state index contributed by atoms with van der Waals surface area (Å²) in [4.78, 5) is 19.4. The first-order valence-corrected chi connectivity index (χ1v) is 10.1. The summed E-state index contributed by atoms with van der Waals surface area (Å²) in [6.07, 6.45) is 10.5. The van der Waals surface area contributed by atoms with E-state index in [4.69, 9.17) is 4.74 Å². The van der Waals surface area contributed by atoms with E-state index in [2.05, 4.69) is 29.9 Å². The predicted molar refractivity (Wildman–Crippen MR) is 116 cm³/mol. The fourth-order valence-corrected chi connectivity index (χ4v) is 3.47. The van der Waals surface area contributed by atoms with Crippen molar-refractivity contribution in [2.75, 3.05) is 24.7 Å². The van der Waals surface area contributed by atoms with E-state index in [0.29, 0.717) is 16.6 Å². The molecule has 0 saturated carbocycles. The van der Waals surface area contributed by atoms with Crippen LogP contribution in [0.15, 0.2) is 65.8 Å². The maximum Gasteiger partial charge on any atom is 0.332 e. The molecular weight excluding hydrogens is 358 g/mol. The summed E-state index contributed by atoms with van der Waals surface area (Å²) in [5.74, 6) is 1.55. The van der Waals surface area contributed by atoms with E-state index < -0.39 is 0 Å². The molecule has 1 N–H and O–H groups in total. The lowest BCUT2D eigenvalue weighted by Gasteiger charge is -2.27. The minimum absolute atomic E-state index is 0.276. The Morgan fingerprint density at radius 2 is 2.26 bits per heavy atom. The second-order valence-electron chi connectivity index (χ2n) is 5.85. The van der Waals surface area contributed by atoms with E-state index in [1.54, 1.807) is 29.8 Å². The molecule has 0 saturated heterocycles. The number of nitrogens with one attached hydrogen (secondary N) is 1. The van der Waals surface area contributed by atoms with Crippen LogP contribution in [-0.4, -0.2) is 35.5 Å². The summed E-state index contributed by atoms with van der Waals surface area (Å²) < 4.78 is 5.35. The van der Waals surface area contributed by atoms with Gasteiger partial charge < -0.3 is 10.1 Å². The number of nitrogens with zero attached hydrogens (tertiary/aromatic N) is 2. The van der Waals surface area contributed by atoms with Gasteiger partial charge in [0, 0.05) is 12.3 Å². The summed E-state index contributed by atoms with van der Waals surface area (Å²) in [5.41, 5.74) is 1.35. The molecule has 0 aromatic heterocycles. The van der Waals surface area contributed by atoms with Crippen molar-refractivity contribution in [1.29, 1.82) is 0 Å². The van der Waals surface area contributed by atoms with Gasteiger partial charge in [-0.15, -0.1) is 0 Å². The Balaban J connectivity index is 2.35. The number of methoxy groups -OCH3 is 1. The number of thioether (sulfide) groups is 1. The number of unbranched alkanes of at least 4 members (excludes halogenated alkanes) is 1. The molecule has 1 aromatic carbocycles. The van der Waals surface area contributed by atoms with E-state index in [1.807, 2.05) is 36.4 Å². The van der Waals surface area contributed by atoms with Gasteiger partial charge in [0.15, 0.2) is 5.17 Å². The van der Waals surface area contributed by atoms with Crippen LogP contribution in [0.2, 0.25) is 0 Å². The van der Waals surface area contributed by atoms with Crippen LogP contribution >= 0.6 is 11.8 Å². The Kier molecular flexibility index (Phi) is 8.71. The van der Waals surface area contributed by atoms with E-state index in [0.717, 1.165) is 37.3 Å². The highest BCUT2D eigenvalue weighted by molar-refractivity contribution is 8.13. The monoisotopic (exact) mass is 385 g/mol. The van der Waals surface area contributed by atoms with Crippen molar-refractivity contribution in [2.24, 2.45) is 4.99 Å². The second-order valence-corrected chi connectivity index (χ2v) is 6.91. The fraction of sp³-hybridized carbons (Fsp3) is 0.333. The molecule has 0 aliphatic carbocycles. The van der Waals surface area contributed by atoms with Crippen molar-refractivity contribution >= 4 is 28.6 Å². The summed E-state index contributed by atoms with van der Waals surface area (Å²) in [6, 6.07) is 7.08. The maximum absolute atomic E-state index is 13.2. The van der Waals surface area contributed by atoms with Gasteiger partial charge in [-0.2, -0.15) is 0 Å². The predicted octanol–water partition coefficient (Wildman–Crippen LogP) is 5.45. The maximum atomic E-state index is 13.2. The molecule has 5 nitrogen and oxygen atoms in total. The molecule has 0 fully saturated rings. The van der Waals surface area contributed by atoms with Gasteiger partial charge >= 0.3 is 6.03 Å². The van der Waals surface area contributed by atoms with Gasteiger partial charge in [0.05, 0.1) is 18.5 Å². The van der Waals surface area contributed by atoms with Gasteiger partial charge in [-0.3, -0.25) is 4.99 Å². The lowest BCUT2D eigenvalue weighted by atomic mass is 10.2. The van der Waals surface area contributed by atoms with Crippen molar-refractivity contribution in [3.63, 3.8) is 0 Å². The summed E-state index contributed by atoms with van der Waals surface area (Å²) in [6.45, 7) is 6.63. The minimum Gasteiger partial charge on any atom is -0.495 e. The van der Waals surface area contributed by atoms with Gasteiger partial charge in [0.1, 0.15) is 5.75 Å². The first-order valence-electron chi connectivity index (χ1n) is 9.11. The molecule has 6 heteroatoms. The van der Waals surface area contributed by atoms with Crippen molar-refractivity contribution in [3.05, 3.63) is 60.8 Å². The van der Waals surface area contributed by atoms with Crippen LogP contribution in [0.5, 0.6) is 5.75 Å². The Morgan fingerprint density at radius 1 is 1.44 bits per heavy atom. The number of amides is 2. The van der Waals surface area contributed by atoms with Crippen LogP contribution in [0.4, 0.5) is 10.5 Å². The Labute approximate surface area is 165 Å². The number of aliphatic imine (C=N–C) groups is 1. The van der Waals surface area contributed by atoms with Gasteiger partial charge in [0.2, 0.25) is 0 Å². The number of benzene rings is 1. The van der Waals surface area contributed by atoms with Crippen molar-refractivity contribution in [1.82, 2.24) is 4.90 Å². The molecule has 27 heavy (non-hydrogen) atoms. The second kappa shape index (κ2) is 11.3. The number of para-hydroxylation sites is 2. The van der Waals surface area contributed by atoms with Gasteiger partial charge in [-0.1, -0.05) is 56.0 Å². The summed E-state index contributed by atoms with van der Waals surface area (Å²) in [5, 5.41) is 3.64. The number of urea groups is 1. The molecule has 0 bridgehead atoms. The van der Waals surface area contributed by atoms with E-state index >= 15 is 0 Å². The van der Waals surface area contributed by atoms with Crippen LogP contribution in [0, 0.1) is 0 Å². The van der Waals surface area contributed by atoms with E-state index in [9.17, 15) is 4.79 Å². The SMILES string of the molecule is C=C/C=C(\C=CCCC)N(C(=O)Nc1ccccc1OC)C1=NCCCS1. The highest BCUT2D eigenvalue weighted by atomic mass is 32.2. The Morgan fingerprint density at radius 3 is 2.93 bits per heavy atom. The van der Waals surface area contributed by atoms with Gasteiger partial charge in [-0.05, 0) is 37.1 Å². The largest absolute Gasteiger partial charge is 0.495 e. The number of ether oxygens (including phenoxy) is 1. The molecule has 1 aliphatic heterocycles. The third-order valence-corrected chi connectivity index (χ3v) is 4.88. The van der Waals surface area contributed by atoms with Crippen molar-refractivity contribution in [3.8, 4) is 5.75 Å². The van der Waals surface area contributed by atoms with Crippen LogP contribution < -0.4 is 10.1 Å². The normalized spacial score (nSPS) is 14.6. The Bertz CT molecular complexity index is 741. The quantitative estimate of drug-likeness (QED) is 0.635. The fourth-order valence-electron chi connectivity index (χ4n) is 2.51. The number of hydrogen-bond donors (Lipinski definition) is 1. The molecule has 0 radical (unpaired) electrons. The van der Waals surface area contributed by atoms with Gasteiger partial charge in [0.25, 0.3) is 0 Å². The first kappa shape index (κ1) is 20.8. The van der Waals surface area contributed by atoms with Crippen LogP contribution in [0.1, 0.15) is 26.2 Å². The summed E-state index contributed by atoms with van der Waals surface area (Å²) in [7, 11) is 1.58. The van der Waals surface area contributed by atoms with Crippen LogP contribution in [0.3, 0.4) is 0 Å². The third kappa shape index (κ3) is 6.03. The number of allylic oxidation sites excluding steroid dienone is 4. The number of hydrogen-bond acceptors (Lipinski definition) is 4. The highest BCUT2D eigenvalue weighted by Gasteiger charge is 2.25. The molecule has 1 aromatic rings. The molecule has 2 rings (SSSR count). The number of rotatable bonds is 7. The standard InChI is InChI=1S/C21H27N3O2S/c1-4-6-7-12-17(11-5-2)24(21-22-15-10-16-27-21)20(25)23-18-13-8-9-14-19(18)26-3/h5,7-9,11-14H,2,4,6,10,15-16H2,1,3H3,(H,23,25)/b12-7?,17-11+. The van der Waals surface area contributed by atoms with Gasteiger partial charge in [-0.25, -0.2) is 9.69 Å². The smallest absolute Gasteiger partial charge is 0.332 e. The highest BCUT2D eigenvalue weighted by Crippen LogP contribution is 2.26. The summed E-state index contributed by atoms with van der Waals surface area (Å²) >= 11 is 1.59. The minimum atomic E-state index is -0.276. The van der Waals surface area contributed by atoms with E-state index in [-0.39, 0.29) is 6.03 Å². The van der Waals surface area contributed by atoms with Crippen molar-refractivity contribution in [2.45, 2.75) is 26.2 Å². The average Bonchev–Trinajstić information content (AvgIpc) is 2.69. The number of carbonyl (C=O) groups excluding carboxylic acids is 1. The number of anilines is 1. The molecular formula is C21H27N3O2S. The molecule has 0 atom stereocenters. The zero-order valence-corrected chi connectivity index (χ0v) is 16.8. The zero-order valence-electron chi connectivity index (χ0n) is 16.0. The lowest BCUT2D eigenvalue weighted by molar-refractivity contribution is 0.241. The molecule has 2 amide bonds. The number of amidine groups is 1. The molecule has 1 heterocycles. The lowest BCUT2D eigenvalue weighted by Crippen LogP contribution is -2.38.